The third kappa shape index (κ3) is 7.15. The lowest BCUT2D eigenvalue weighted by Gasteiger charge is -2.67. The van der Waals surface area contributed by atoms with E-state index < -0.39 is 119 Å². The topological polar surface area (TPSA) is 244 Å². The van der Waals surface area contributed by atoms with Crippen molar-refractivity contribution in [3.05, 3.63) is 107 Å². The van der Waals surface area contributed by atoms with Gasteiger partial charge in [0.1, 0.15) is 23.9 Å². The number of benzene rings is 2. The molecule has 1 aliphatic heterocycles. The van der Waals surface area contributed by atoms with Gasteiger partial charge in [-0.25, -0.2) is 14.4 Å². The SMILES string of the molecule is COC(=O)O[C@@]12COC1C[C@H](O)[C@@]1(C)C(=O)[C@H](OC(C)=O)C3=C(C)[C@@H](OC(=O)[C@H](O)[C@@H](NC(=O)c4ccco4)c4ccccc4)C[C@@](O)(C(OC(=O)c4ccccc4)C21)C3(C)C. The summed E-state index contributed by atoms with van der Waals surface area (Å²) in [5, 5.41) is 40.1. The number of aliphatic hydroxyl groups is 3. The molecule has 3 aliphatic carbocycles. The number of furan rings is 1. The summed E-state index contributed by atoms with van der Waals surface area (Å²) in [4.78, 5) is 83.3. The van der Waals surface area contributed by atoms with Crippen LogP contribution in [-0.2, 0) is 42.8 Å². The Labute approximate surface area is 356 Å². The van der Waals surface area contributed by atoms with Gasteiger partial charge in [-0.1, -0.05) is 62.4 Å². The maximum Gasteiger partial charge on any atom is 0.508 e. The van der Waals surface area contributed by atoms with E-state index in [1.54, 1.807) is 48.5 Å². The van der Waals surface area contributed by atoms with E-state index in [1.165, 1.54) is 58.2 Å². The molecule has 17 heteroatoms. The van der Waals surface area contributed by atoms with Crippen molar-refractivity contribution in [1.29, 1.82) is 0 Å². The summed E-state index contributed by atoms with van der Waals surface area (Å²) in [6.45, 7) is 6.61. The van der Waals surface area contributed by atoms with Crippen molar-refractivity contribution in [3.8, 4) is 0 Å². The van der Waals surface area contributed by atoms with Gasteiger partial charge >= 0.3 is 24.1 Å². The molecule has 2 heterocycles. The van der Waals surface area contributed by atoms with E-state index in [9.17, 15) is 39.3 Å². The predicted octanol–water partition coefficient (Wildman–Crippen LogP) is 3.55. The number of carbonyl (C=O) groups is 6. The summed E-state index contributed by atoms with van der Waals surface area (Å²) in [5.74, 6) is -6.55. The monoisotopic (exact) mass is 859 g/mol. The molecule has 3 unspecified atom stereocenters. The third-order valence-electron chi connectivity index (χ3n) is 13.3. The van der Waals surface area contributed by atoms with E-state index in [1.807, 2.05) is 0 Å². The molecule has 0 spiro atoms. The van der Waals surface area contributed by atoms with Crippen LogP contribution in [0.1, 0.15) is 80.0 Å². The van der Waals surface area contributed by atoms with E-state index >= 15 is 4.79 Å². The molecule has 3 aromatic rings. The van der Waals surface area contributed by atoms with Gasteiger partial charge in [0, 0.05) is 25.2 Å². The molecule has 4 N–H and O–H groups in total. The van der Waals surface area contributed by atoms with Crippen LogP contribution >= 0.6 is 0 Å². The first-order valence-corrected chi connectivity index (χ1v) is 20.1. The third-order valence-corrected chi connectivity index (χ3v) is 13.3. The van der Waals surface area contributed by atoms with Gasteiger partial charge in [0.15, 0.2) is 29.4 Å². The van der Waals surface area contributed by atoms with E-state index in [0.717, 1.165) is 14.0 Å². The highest BCUT2D eigenvalue weighted by Gasteiger charge is 2.78. The van der Waals surface area contributed by atoms with Gasteiger partial charge in [-0.15, -0.1) is 0 Å². The van der Waals surface area contributed by atoms with Crippen molar-refractivity contribution >= 4 is 35.8 Å². The number of ketones is 1. The molecule has 0 radical (unpaired) electrons. The van der Waals surface area contributed by atoms with E-state index in [2.05, 4.69) is 5.32 Å². The van der Waals surface area contributed by atoms with Crippen LogP contribution in [0.3, 0.4) is 0 Å². The largest absolute Gasteiger partial charge is 0.508 e. The molecule has 3 fully saturated rings. The van der Waals surface area contributed by atoms with Crippen molar-refractivity contribution in [3.63, 3.8) is 0 Å². The molecule has 330 valence electrons. The number of Topliss-reactive ketones (excluding diaryl/α,β-unsaturated/α-hetero) is 1. The van der Waals surface area contributed by atoms with Gasteiger partial charge in [0.25, 0.3) is 5.91 Å². The van der Waals surface area contributed by atoms with Crippen LogP contribution in [0.5, 0.6) is 0 Å². The minimum absolute atomic E-state index is 0.0352. The number of hydrogen-bond donors (Lipinski definition) is 4. The number of methoxy groups -OCH3 is 1. The molecule has 17 nitrogen and oxygen atoms in total. The number of esters is 3. The molecular formula is C45H49NO16. The number of rotatable bonds is 10. The fourth-order valence-electron chi connectivity index (χ4n) is 9.92. The zero-order chi connectivity index (χ0) is 44.9. The number of hydrogen-bond acceptors (Lipinski definition) is 16. The Kier molecular flexibility index (Phi) is 11.7. The fourth-order valence-corrected chi connectivity index (χ4v) is 9.92. The number of fused-ring (bicyclic) bond motifs is 5. The normalized spacial score (nSPS) is 31.9. The van der Waals surface area contributed by atoms with Crippen molar-refractivity contribution in [2.45, 2.75) is 101 Å². The lowest BCUT2D eigenvalue weighted by Crippen LogP contribution is -2.82. The van der Waals surface area contributed by atoms with Crippen LogP contribution < -0.4 is 5.32 Å². The molecule has 1 saturated heterocycles. The molecule has 2 aromatic carbocycles. The molecule has 7 rings (SSSR count). The summed E-state index contributed by atoms with van der Waals surface area (Å²) in [5.41, 5.74) is -7.69. The van der Waals surface area contributed by atoms with Crippen LogP contribution in [0.2, 0.25) is 0 Å². The average molecular weight is 860 g/mol. The Morgan fingerprint density at radius 1 is 0.919 bits per heavy atom. The summed E-state index contributed by atoms with van der Waals surface area (Å²) >= 11 is 0. The smallest absolute Gasteiger partial charge is 0.459 e. The molecule has 2 bridgehead atoms. The van der Waals surface area contributed by atoms with Crippen LogP contribution in [-0.4, -0.2) is 113 Å². The highest BCUT2D eigenvalue weighted by atomic mass is 16.8. The van der Waals surface area contributed by atoms with Crippen molar-refractivity contribution < 1.29 is 76.9 Å². The molecule has 1 amide bonds. The van der Waals surface area contributed by atoms with Crippen molar-refractivity contribution in [1.82, 2.24) is 5.32 Å². The van der Waals surface area contributed by atoms with Crippen molar-refractivity contribution in [2.75, 3.05) is 13.7 Å². The molecule has 62 heavy (non-hydrogen) atoms. The molecule has 1 aromatic heterocycles. The second-order valence-corrected chi connectivity index (χ2v) is 16.9. The van der Waals surface area contributed by atoms with E-state index in [-0.39, 0.29) is 28.9 Å². The second kappa shape index (κ2) is 16.4. The lowest BCUT2D eigenvalue weighted by atomic mass is 9.44. The zero-order valence-corrected chi connectivity index (χ0v) is 34.9. The van der Waals surface area contributed by atoms with Crippen LogP contribution in [0.15, 0.2) is 94.6 Å². The van der Waals surface area contributed by atoms with Gasteiger partial charge in [-0.2, -0.15) is 0 Å². The maximum atomic E-state index is 15.5. The first-order chi connectivity index (χ1) is 29.3. The second-order valence-electron chi connectivity index (χ2n) is 16.9. The van der Waals surface area contributed by atoms with Gasteiger partial charge < -0.3 is 53.5 Å². The van der Waals surface area contributed by atoms with Gasteiger partial charge in [-0.05, 0) is 54.8 Å². The molecule has 2 saturated carbocycles. The van der Waals surface area contributed by atoms with Gasteiger partial charge in [-0.3, -0.25) is 14.4 Å². The van der Waals surface area contributed by atoms with Gasteiger partial charge in [0.05, 0.1) is 49.0 Å². The van der Waals surface area contributed by atoms with Gasteiger partial charge in [0.2, 0.25) is 0 Å². The number of carbonyl (C=O) groups excluding carboxylic acids is 6. The number of aliphatic hydroxyl groups excluding tert-OH is 2. The first kappa shape index (κ1) is 44.2. The highest BCUT2D eigenvalue weighted by Crippen LogP contribution is 2.64. The quantitative estimate of drug-likeness (QED) is 0.129. The van der Waals surface area contributed by atoms with Crippen molar-refractivity contribution in [2.24, 2.45) is 16.7 Å². The molecule has 11 atom stereocenters. The highest BCUT2D eigenvalue weighted by molar-refractivity contribution is 5.96. The Morgan fingerprint density at radius 3 is 2.16 bits per heavy atom. The van der Waals surface area contributed by atoms with Crippen LogP contribution in [0, 0.1) is 16.7 Å². The number of ether oxygens (including phenoxy) is 6. The Morgan fingerprint density at radius 2 is 1.58 bits per heavy atom. The van der Waals surface area contributed by atoms with E-state index in [4.69, 9.17) is 32.8 Å². The lowest BCUT2D eigenvalue weighted by molar-refractivity contribution is -0.344. The predicted molar refractivity (Wildman–Crippen MR) is 212 cm³/mol. The number of nitrogens with one attached hydrogen (secondary N) is 1. The first-order valence-electron chi connectivity index (χ1n) is 20.1. The number of amides is 1. The summed E-state index contributed by atoms with van der Waals surface area (Å²) < 4.78 is 40.2. The fraction of sp³-hybridized carbons (Fsp3) is 0.467. The Bertz CT molecular complexity index is 2260. The minimum Gasteiger partial charge on any atom is -0.459 e. The maximum absolute atomic E-state index is 15.5. The van der Waals surface area contributed by atoms with Crippen LogP contribution in [0.4, 0.5) is 4.79 Å². The Balaban J connectivity index is 1.40. The minimum atomic E-state index is -2.44. The zero-order valence-electron chi connectivity index (χ0n) is 34.9. The van der Waals surface area contributed by atoms with Crippen LogP contribution in [0.25, 0.3) is 0 Å². The average Bonchev–Trinajstić information content (AvgIpc) is 3.79. The molecule has 4 aliphatic rings. The summed E-state index contributed by atoms with van der Waals surface area (Å²) in [7, 11) is 1.06. The summed E-state index contributed by atoms with van der Waals surface area (Å²) in [6, 6.07) is 17.3. The molecular weight excluding hydrogens is 810 g/mol. The Hall–Kier alpha value is -5.88. The summed E-state index contributed by atoms with van der Waals surface area (Å²) in [6.07, 6.45) is -10.8. The standard InChI is InChI=1S/C45H49NO16/c1-23-28(60-40(53)33(49)32(25-14-9-7-10-15-25)46-38(51)27-18-13-19-57-27)21-45(55)37(61-39(52)26-16-11-8-12-17-26)35-43(5,36(50)34(59-24(2)47)31(23)42(45,3)4)29(48)20-30-44(35,22-58-30)62-41(54)56-6/h7-19,28-30,32-35,37,48-49,55H,20-22H2,1-6H3,(H,46,51)/t28-,29-,30?,32-,33+,34+,35?,37?,43+,44-,45+/m0/s1. The van der Waals surface area contributed by atoms with E-state index in [0.29, 0.717) is 5.56 Å².